The van der Waals surface area contributed by atoms with Crippen molar-refractivity contribution in [3.8, 4) is 11.5 Å². The van der Waals surface area contributed by atoms with Gasteiger partial charge in [-0.25, -0.2) is 0 Å². The lowest BCUT2D eigenvalue weighted by molar-refractivity contribution is -0.117. The lowest BCUT2D eigenvalue weighted by Gasteiger charge is -2.12. The molecule has 2 atom stereocenters. The number of carbonyl (C=O) groups is 1. The van der Waals surface area contributed by atoms with E-state index in [4.69, 9.17) is 21.1 Å². The number of hydrogen-bond donors (Lipinski definition) is 1. The summed E-state index contributed by atoms with van der Waals surface area (Å²) < 4.78 is 10.3. The molecule has 0 spiro atoms. The van der Waals surface area contributed by atoms with Crippen molar-refractivity contribution in [1.29, 1.82) is 0 Å². The molecule has 18 heavy (non-hydrogen) atoms. The van der Waals surface area contributed by atoms with Gasteiger partial charge in [0.1, 0.15) is 0 Å². The molecule has 1 aromatic carbocycles. The third kappa shape index (κ3) is 2.53. The van der Waals surface area contributed by atoms with Gasteiger partial charge in [0, 0.05) is 18.1 Å². The Labute approximate surface area is 111 Å². The van der Waals surface area contributed by atoms with Crippen molar-refractivity contribution in [2.45, 2.75) is 13.3 Å². The van der Waals surface area contributed by atoms with E-state index >= 15 is 0 Å². The van der Waals surface area contributed by atoms with Gasteiger partial charge in [0.05, 0.1) is 24.9 Å². The quantitative estimate of drug-likeness (QED) is 0.914. The Hall–Kier alpha value is -1.42. The van der Waals surface area contributed by atoms with Gasteiger partial charge in [-0.05, 0) is 12.3 Å². The van der Waals surface area contributed by atoms with E-state index < -0.39 is 0 Å². The average Bonchev–Trinajstić information content (AvgIpc) is 3.08. The zero-order valence-corrected chi connectivity index (χ0v) is 11.4. The number of halogens is 1. The van der Waals surface area contributed by atoms with Crippen molar-refractivity contribution in [3.05, 3.63) is 17.2 Å². The van der Waals surface area contributed by atoms with Crippen LogP contribution >= 0.6 is 11.6 Å². The molecule has 1 N–H and O–H groups in total. The molecule has 98 valence electrons. The number of anilines is 1. The Bertz CT molecular complexity index is 476. The summed E-state index contributed by atoms with van der Waals surface area (Å²) in [5.41, 5.74) is 0.554. The van der Waals surface area contributed by atoms with Gasteiger partial charge in [0.15, 0.2) is 11.5 Å². The largest absolute Gasteiger partial charge is 0.493 e. The van der Waals surface area contributed by atoms with Crippen molar-refractivity contribution in [2.24, 2.45) is 11.8 Å². The molecule has 1 aliphatic rings. The fraction of sp³-hybridized carbons (Fsp3) is 0.462. The molecule has 5 heteroatoms. The molecule has 0 radical (unpaired) electrons. The molecule has 2 rings (SSSR count). The number of amides is 1. The number of rotatable bonds is 4. The van der Waals surface area contributed by atoms with Crippen molar-refractivity contribution in [1.82, 2.24) is 0 Å². The minimum atomic E-state index is 0.0108. The molecule has 0 bridgehead atoms. The Kier molecular flexibility index (Phi) is 3.66. The van der Waals surface area contributed by atoms with E-state index in [1.165, 1.54) is 7.11 Å². The van der Waals surface area contributed by atoms with Crippen molar-refractivity contribution in [2.75, 3.05) is 19.5 Å². The van der Waals surface area contributed by atoms with Crippen LogP contribution in [0, 0.1) is 11.8 Å². The molecule has 0 aromatic heterocycles. The second kappa shape index (κ2) is 5.06. The molecule has 1 aliphatic carbocycles. The zero-order chi connectivity index (χ0) is 13.3. The highest BCUT2D eigenvalue weighted by Gasteiger charge is 2.39. The first kappa shape index (κ1) is 13.0. The fourth-order valence-corrected chi connectivity index (χ4v) is 2.06. The van der Waals surface area contributed by atoms with Gasteiger partial charge in [-0.1, -0.05) is 18.5 Å². The van der Waals surface area contributed by atoms with Crippen LogP contribution in [0.25, 0.3) is 0 Å². The topological polar surface area (TPSA) is 47.6 Å². The van der Waals surface area contributed by atoms with E-state index in [9.17, 15) is 4.79 Å². The molecule has 2 unspecified atom stereocenters. The average molecular weight is 270 g/mol. The van der Waals surface area contributed by atoms with Crippen LogP contribution in [0.1, 0.15) is 13.3 Å². The maximum absolute atomic E-state index is 11.8. The Balaban J connectivity index is 2.19. The van der Waals surface area contributed by atoms with Crippen molar-refractivity contribution < 1.29 is 14.3 Å². The third-order valence-electron chi connectivity index (χ3n) is 3.18. The van der Waals surface area contributed by atoms with E-state index in [0.29, 0.717) is 28.1 Å². The summed E-state index contributed by atoms with van der Waals surface area (Å²) in [5.74, 6) is 1.66. The minimum Gasteiger partial charge on any atom is -0.493 e. The number of hydrogen-bond acceptors (Lipinski definition) is 3. The molecular formula is C13H16ClNO3. The molecule has 1 amide bonds. The number of nitrogens with one attached hydrogen (secondary N) is 1. The second-order valence-corrected chi connectivity index (χ2v) is 4.90. The summed E-state index contributed by atoms with van der Waals surface area (Å²) in [6.45, 7) is 2.06. The summed E-state index contributed by atoms with van der Waals surface area (Å²) in [6.07, 6.45) is 0.941. The van der Waals surface area contributed by atoms with Gasteiger partial charge >= 0.3 is 0 Å². The van der Waals surface area contributed by atoms with Crippen LogP contribution in [0.3, 0.4) is 0 Å². The smallest absolute Gasteiger partial charge is 0.227 e. The van der Waals surface area contributed by atoms with Crippen LogP contribution in [0.2, 0.25) is 5.02 Å². The van der Waals surface area contributed by atoms with E-state index in [2.05, 4.69) is 12.2 Å². The van der Waals surface area contributed by atoms with E-state index in [0.717, 1.165) is 6.42 Å². The Morgan fingerprint density at radius 3 is 2.39 bits per heavy atom. The van der Waals surface area contributed by atoms with Gasteiger partial charge in [-0.3, -0.25) is 4.79 Å². The van der Waals surface area contributed by atoms with Crippen LogP contribution in [-0.4, -0.2) is 20.1 Å². The summed E-state index contributed by atoms with van der Waals surface area (Å²) >= 11 is 6.09. The molecular weight excluding hydrogens is 254 g/mol. The first-order valence-corrected chi connectivity index (χ1v) is 6.17. The summed E-state index contributed by atoms with van der Waals surface area (Å²) in [6, 6.07) is 3.30. The predicted octanol–water partition coefficient (Wildman–Crippen LogP) is 2.95. The maximum atomic E-state index is 11.8. The minimum absolute atomic E-state index is 0.0108. The maximum Gasteiger partial charge on any atom is 0.227 e. The van der Waals surface area contributed by atoms with Crippen molar-refractivity contribution >= 4 is 23.2 Å². The van der Waals surface area contributed by atoms with E-state index in [1.807, 2.05) is 0 Å². The zero-order valence-electron chi connectivity index (χ0n) is 10.6. The molecule has 1 fully saturated rings. The van der Waals surface area contributed by atoms with Gasteiger partial charge in [0.2, 0.25) is 5.91 Å². The van der Waals surface area contributed by atoms with Crippen LogP contribution < -0.4 is 14.8 Å². The SMILES string of the molecule is COc1cc(Cl)c(NC(=O)C2CC2C)cc1OC. The molecule has 0 aliphatic heterocycles. The van der Waals surface area contributed by atoms with Crippen LogP contribution in [0.4, 0.5) is 5.69 Å². The predicted molar refractivity (Wildman–Crippen MR) is 70.5 cm³/mol. The molecule has 0 heterocycles. The monoisotopic (exact) mass is 269 g/mol. The van der Waals surface area contributed by atoms with Gasteiger partial charge in [0.25, 0.3) is 0 Å². The molecule has 0 saturated heterocycles. The fourth-order valence-electron chi connectivity index (χ4n) is 1.86. The van der Waals surface area contributed by atoms with Crippen LogP contribution in [0.5, 0.6) is 11.5 Å². The Morgan fingerprint density at radius 2 is 1.89 bits per heavy atom. The number of ether oxygens (including phenoxy) is 2. The number of methoxy groups -OCH3 is 2. The lowest BCUT2D eigenvalue weighted by atomic mass is 10.2. The van der Waals surface area contributed by atoms with Gasteiger partial charge in [-0.2, -0.15) is 0 Å². The first-order valence-electron chi connectivity index (χ1n) is 5.79. The van der Waals surface area contributed by atoms with Crippen LogP contribution in [-0.2, 0) is 4.79 Å². The number of benzene rings is 1. The highest BCUT2D eigenvalue weighted by Crippen LogP contribution is 2.40. The number of carbonyl (C=O) groups excluding carboxylic acids is 1. The summed E-state index contributed by atoms with van der Waals surface area (Å²) in [7, 11) is 3.08. The lowest BCUT2D eigenvalue weighted by Crippen LogP contribution is -2.14. The summed E-state index contributed by atoms with van der Waals surface area (Å²) in [4.78, 5) is 11.8. The summed E-state index contributed by atoms with van der Waals surface area (Å²) in [5, 5.41) is 3.26. The highest BCUT2D eigenvalue weighted by molar-refractivity contribution is 6.34. The normalized spacial score (nSPS) is 21.3. The molecule has 1 aromatic rings. The molecule has 4 nitrogen and oxygen atoms in total. The standard InChI is InChI=1S/C13H16ClNO3/c1-7-4-8(7)13(16)15-10-6-12(18-3)11(17-2)5-9(10)14/h5-8H,4H2,1-3H3,(H,15,16). The van der Waals surface area contributed by atoms with E-state index in [-0.39, 0.29) is 11.8 Å². The first-order chi connectivity index (χ1) is 8.56. The van der Waals surface area contributed by atoms with Gasteiger partial charge < -0.3 is 14.8 Å². The third-order valence-corrected chi connectivity index (χ3v) is 3.49. The van der Waals surface area contributed by atoms with Crippen LogP contribution in [0.15, 0.2) is 12.1 Å². The second-order valence-electron chi connectivity index (χ2n) is 4.50. The van der Waals surface area contributed by atoms with Crippen molar-refractivity contribution in [3.63, 3.8) is 0 Å². The van der Waals surface area contributed by atoms with E-state index in [1.54, 1.807) is 19.2 Å². The molecule has 1 saturated carbocycles. The Morgan fingerprint density at radius 1 is 1.33 bits per heavy atom. The van der Waals surface area contributed by atoms with Gasteiger partial charge in [-0.15, -0.1) is 0 Å². The highest BCUT2D eigenvalue weighted by atomic mass is 35.5.